The van der Waals surface area contributed by atoms with Crippen LogP contribution in [0.2, 0.25) is 0 Å². The van der Waals surface area contributed by atoms with Gasteiger partial charge in [-0.2, -0.15) is 0 Å². The van der Waals surface area contributed by atoms with E-state index in [9.17, 15) is 9.59 Å². The van der Waals surface area contributed by atoms with Gasteiger partial charge in [-0.05, 0) is 61.8 Å². The van der Waals surface area contributed by atoms with Crippen LogP contribution in [0.25, 0.3) is 10.9 Å². The summed E-state index contributed by atoms with van der Waals surface area (Å²) >= 11 is 0. The smallest absolute Gasteiger partial charge is 0.242 e. The molecule has 1 saturated carbocycles. The minimum atomic E-state index is -0.599. The van der Waals surface area contributed by atoms with Gasteiger partial charge in [0.05, 0.1) is 12.6 Å². The molecule has 2 aromatic heterocycles. The molecule has 1 saturated heterocycles. The van der Waals surface area contributed by atoms with Crippen molar-refractivity contribution in [2.75, 3.05) is 6.54 Å². The number of hydrogen-bond donors (Lipinski definition) is 4. The molecular weight excluding hydrogens is 402 g/mol. The predicted octanol–water partition coefficient (Wildman–Crippen LogP) is 2.39. The molecule has 2 aliphatic rings. The molecule has 0 bridgehead atoms. The Morgan fingerprint density at radius 1 is 1.22 bits per heavy atom. The third kappa shape index (κ3) is 4.00. The third-order valence-corrected chi connectivity index (χ3v) is 7.05. The Balaban J connectivity index is 1.12. The average Bonchev–Trinajstić information content (AvgIpc) is 3.28. The van der Waals surface area contributed by atoms with Crippen molar-refractivity contribution in [1.82, 2.24) is 25.9 Å². The van der Waals surface area contributed by atoms with Crippen molar-refractivity contribution in [2.45, 2.75) is 50.2 Å². The first kappa shape index (κ1) is 20.7. The molecule has 7 nitrogen and oxygen atoms in total. The maximum Gasteiger partial charge on any atom is 0.242 e. The first-order chi connectivity index (χ1) is 15.5. The van der Waals surface area contributed by atoms with Crippen molar-refractivity contribution in [1.29, 1.82) is 0 Å². The number of aromatic nitrogens is 2. The van der Waals surface area contributed by atoms with Crippen LogP contribution in [0.5, 0.6) is 0 Å². The van der Waals surface area contributed by atoms with E-state index in [1.54, 1.807) is 19.3 Å². The number of aromatic amines is 1. The second-order valence-electron chi connectivity index (χ2n) is 9.12. The van der Waals surface area contributed by atoms with E-state index in [2.05, 4.69) is 50.2 Å². The molecule has 7 heteroatoms. The van der Waals surface area contributed by atoms with Gasteiger partial charge >= 0.3 is 0 Å². The lowest BCUT2D eigenvalue weighted by Gasteiger charge is -2.23. The Bertz CT molecular complexity index is 1090. The van der Waals surface area contributed by atoms with Crippen LogP contribution in [0, 0.1) is 5.92 Å². The molecule has 1 aromatic carbocycles. The highest BCUT2D eigenvalue weighted by Crippen LogP contribution is 2.56. The molecule has 1 aliphatic carbocycles. The number of amides is 2. The van der Waals surface area contributed by atoms with Gasteiger partial charge in [0.1, 0.15) is 6.04 Å². The van der Waals surface area contributed by atoms with E-state index in [1.807, 2.05) is 18.2 Å². The van der Waals surface area contributed by atoms with Gasteiger partial charge in [0.2, 0.25) is 11.8 Å². The summed E-state index contributed by atoms with van der Waals surface area (Å²) in [7, 11) is 0. The minimum Gasteiger partial charge on any atom is -0.357 e. The quantitative estimate of drug-likeness (QED) is 0.462. The average molecular weight is 432 g/mol. The van der Waals surface area contributed by atoms with Gasteiger partial charge in [-0.15, -0.1) is 0 Å². The first-order valence-electron chi connectivity index (χ1n) is 11.3. The summed E-state index contributed by atoms with van der Waals surface area (Å²) in [6.07, 6.45) is 6.68. The number of carbonyl (C=O) groups excluding carboxylic acids is 2. The lowest BCUT2D eigenvalue weighted by Crippen LogP contribution is -2.49. The standard InChI is InChI=1S/C25H29N5O2/c1-16(23(31)28-15-20-11-17-13-26-10-7-21(17)30-20)29-24(32)22-12-19(14-27-22)25(8-9-25)18-5-3-2-4-6-18/h2-7,10-11,13,16,19,22,27,30H,8-9,12,14-15H2,1H3,(H,28,31)(H,29,32)/t16-,19-,22+/m0/s1. The van der Waals surface area contributed by atoms with Crippen LogP contribution in [0.3, 0.4) is 0 Å². The molecule has 2 fully saturated rings. The highest BCUT2D eigenvalue weighted by Gasteiger charge is 2.53. The van der Waals surface area contributed by atoms with E-state index in [0.29, 0.717) is 12.5 Å². The minimum absolute atomic E-state index is 0.101. The number of pyridine rings is 1. The topological polar surface area (TPSA) is 98.9 Å². The fourth-order valence-corrected chi connectivity index (χ4v) is 5.04. The number of rotatable bonds is 7. The summed E-state index contributed by atoms with van der Waals surface area (Å²) in [5.74, 6) is 0.143. The van der Waals surface area contributed by atoms with Crippen LogP contribution in [0.1, 0.15) is 37.4 Å². The SMILES string of the molecule is C[C@H](NC(=O)[C@H]1C[C@H](C2(c3ccccc3)CC2)CN1)C(=O)NCc1cc2cnccc2[nH]1. The van der Waals surface area contributed by atoms with E-state index < -0.39 is 6.04 Å². The van der Waals surface area contributed by atoms with E-state index >= 15 is 0 Å². The van der Waals surface area contributed by atoms with Crippen LogP contribution >= 0.6 is 0 Å². The summed E-state index contributed by atoms with van der Waals surface area (Å²) in [6, 6.07) is 13.7. The maximum absolute atomic E-state index is 12.8. The summed E-state index contributed by atoms with van der Waals surface area (Å²) in [4.78, 5) is 32.7. The molecule has 1 aliphatic heterocycles. The number of H-pyrrole nitrogens is 1. The van der Waals surface area contributed by atoms with E-state index in [4.69, 9.17) is 0 Å². The Morgan fingerprint density at radius 2 is 2.03 bits per heavy atom. The molecule has 0 spiro atoms. The van der Waals surface area contributed by atoms with E-state index in [0.717, 1.165) is 29.6 Å². The molecular formula is C25H29N5O2. The highest BCUT2D eigenvalue weighted by atomic mass is 16.2. The van der Waals surface area contributed by atoms with Crippen LogP contribution in [0.15, 0.2) is 54.9 Å². The first-order valence-corrected chi connectivity index (χ1v) is 11.3. The summed E-state index contributed by atoms with van der Waals surface area (Å²) in [5, 5.41) is 10.2. The molecule has 32 heavy (non-hydrogen) atoms. The van der Waals surface area contributed by atoms with Crippen LogP contribution in [-0.4, -0.2) is 40.4 Å². The van der Waals surface area contributed by atoms with Gasteiger partial charge in [0.25, 0.3) is 0 Å². The molecule has 4 N–H and O–H groups in total. The number of benzene rings is 1. The van der Waals surface area contributed by atoms with Gasteiger partial charge in [0, 0.05) is 29.0 Å². The molecule has 166 valence electrons. The van der Waals surface area contributed by atoms with Crippen LogP contribution in [0.4, 0.5) is 0 Å². The molecule has 2 amide bonds. The van der Waals surface area contributed by atoms with Crippen molar-refractivity contribution in [3.8, 4) is 0 Å². The zero-order valence-corrected chi connectivity index (χ0v) is 18.2. The van der Waals surface area contributed by atoms with E-state index in [1.165, 1.54) is 18.4 Å². The zero-order valence-electron chi connectivity index (χ0n) is 18.2. The Kier molecular flexibility index (Phi) is 5.43. The summed E-state index contributed by atoms with van der Waals surface area (Å²) < 4.78 is 0. The van der Waals surface area contributed by atoms with Gasteiger partial charge in [-0.3, -0.25) is 14.6 Å². The molecule has 3 aromatic rings. The molecule has 3 heterocycles. The van der Waals surface area contributed by atoms with Crippen molar-refractivity contribution >= 4 is 22.7 Å². The van der Waals surface area contributed by atoms with Crippen molar-refractivity contribution in [2.24, 2.45) is 5.92 Å². The number of nitrogens with zero attached hydrogens (tertiary/aromatic N) is 1. The van der Waals surface area contributed by atoms with E-state index in [-0.39, 0.29) is 23.3 Å². The van der Waals surface area contributed by atoms with Gasteiger partial charge in [-0.1, -0.05) is 30.3 Å². The molecule has 3 atom stereocenters. The summed E-state index contributed by atoms with van der Waals surface area (Å²) in [5.41, 5.74) is 3.47. The maximum atomic E-state index is 12.8. The fraction of sp³-hybridized carbons (Fsp3) is 0.400. The summed E-state index contributed by atoms with van der Waals surface area (Å²) in [6.45, 7) is 2.93. The van der Waals surface area contributed by atoms with Crippen molar-refractivity contribution in [3.63, 3.8) is 0 Å². The van der Waals surface area contributed by atoms with Gasteiger partial charge < -0.3 is 20.9 Å². The number of carbonyl (C=O) groups is 2. The van der Waals surface area contributed by atoms with Gasteiger partial charge in [-0.25, -0.2) is 0 Å². The second kappa shape index (κ2) is 8.39. The Hall–Kier alpha value is -3.19. The third-order valence-electron chi connectivity index (χ3n) is 7.05. The molecule has 0 unspecified atom stereocenters. The van der Waals surface area contributed by atoms with Gasteiger partial charge in [0.15, 0.2) is 0 Å². The van der Waals surface area contributed by atoms with Crippen molar-refractivity contribution in [3.05, 3.63) is 66.1 Å². The normalized spacial score (nSPS) is 22.4. The highest BCUT2D eigenvalue weighted by molar-refractivity contribution is 5.89. The number of nitrogens with one attached hydrogen (secondary N) is 4. The lowest BCUT2D eigenvalue weighted by molar-refractivity contribution is -0.129. The van der Waals surface area contributed by atoms with Crippen molar-refractivity contribution < 1.29 is 9.59 Å². The van der Waals surface area contributed by atoms with Crippen LogP contribution in [-0.2, 0) is 21.5 Å². The number of fused-ring (bicyclic) bond motifs is 1. The largest absolute Gasteiger partial charge is 0.357 e. The van der Waals surface area contributed by atoms with Crippen LogP contribution < -0.4 is 16.0 Å². The second-order valence-corrected chi connectivity index (χ2v) is 9.12. The zero-order chi connectivity index (χ0) is 22.1. The fourth-order valence-electron chi connectivity index (χ4n) is 5.04. The Labute approximate surface area is 187 Å². The molecule has 0 radical (unpaired) electrons. The lowest BCUT2D eigenvalue weighted by atomic mass is 9.81. The number of hydrogen-bond acceptors (Lipinski definition) is 4. The molecule has 5 rings (SSSR count). The Morgan fingerprint density at radius 3 is 2.78 bits per heavy atom. The predicted molar refractivity (Wildman–Crippen MR) is 123 cm³/mol. The monoisotopic (exact) mass is 431 g/mol.